The molecule has 1 aliphatic heterocycles. The highest BCUT2D eigenvalue weighted by molar-refractivity contribution is 6.83. The molecule has 0 spiro atoms. The van der Waals surface area contributed by atoms with Crippen molar-refractivity contribution in [2.45, 2.75) is 70.3 Å². The molecule has 0 N–H and O–H groups in total. The van der Waals surface area contributed by atoms with E-state index in [2.05, 4.69) is 71.4 Å². The predicted molar refractivity (Wildman–Crippen MR) is 143 cm³/mol. The first-order valence-electron chi connectivity index (χ1n) is 11.9. The van der Waals surface area contributed by atoms with Crippen LogP contribution in [0.2, 0.25) is 39.3 Å². The van der Waals surface area contributed by atoms with Gasteiger partial charge in [-0.1, -0.05) is 60.7 Å². The van der Waals surface area contributed by atoms with E-state index in [1.807, 2.05) is 36.4 Å². The molecule has 1 heterocycles. The van der Waals surface area contributed by atoms with E-state index in [0.29, 0.717) is 6.61 Å². The molecule has 2 aromatic carbocycles. The lowest BCUT2D eigenvalue weighted by molar-refractivity contribution is -0.0228. The van der Waals surface area contributed by atoms with E-state index in [-0.39, 0.29) is 18.2 Å². The van der Waals surface area contributed by atoms with Crippen molar-refractivity contribution in [1.29, 1.82) is 0 Å². The van der Waals surface area contributed by atoms with Crippen LogP contribution in [-0.4, -0.2) is 52.2 Å². The third kappa shape index (κ3) is 8.59. The molecule has 0 amide bonds. The maximum absolute atomic E-state index is 6.94. The summed E-state index contributed by atoms with van der Waals surface area (Å²) in [7, 11) is -5.60. The normalized spacial score (nSPS) is 19.8. The van der Waals surface area contributed by atoms with Gasteiger partial charge in [-0.25, -0.2) is 0 Å². The zero-order chi connectivity index (χ0) is 24.1. The molecule has 0 aliphatic carbocycles. The van der Waals surface area contributed by atoms with Crippen LogP contribution in [0.3, 0.4) is 0 Å². The van der Waals surface area contributed by atoms with Gasteiger partial charge in [-0.05, 0) is 63.3 Å². The van der Waals surface area contributed by atoms with E-state index in [9.17, 15) is 0 Å². The number of benzene rings is 2. The van der Waals surface area contributed by atoms with E-state index < -0.39 is 25.7 Å². The largest absolute Gasteiger partial charge is 0.659 e. The Morgan fingerprint density at radius 2 is 1.30 bits per heavy atom. The zero-order valence-corrected chi connectivity index (χ0v) is 24.2. The Kier molecular flexibility index (Phi) is 8.96. The van der Waals surface area contributed by atoms with Crippen molar-refractivity contribution < 1.29 is 21.8 Å². The minimum Gasteiger partial charge on any atom is -0.395 e. The Hall–Kier alpha value is -1.04. The molecule has 33 heavy (non-hydrogen) atoms. The molecule has 9 heteroatoms. The predicted octanol–water partition coefficient (Wildman–Crippen LogP) is 5.09. The quantitative estimate of drug-likeness (QED) is 0.401. The summed E-state index contributed by atoms with van der Waals surface area (Å²) in [6.45, 7) is 13.4. The molecule has 0 bridgehead atoms. The van der Waals surface area contributed by atoms with Gasteiger partial charge in [0.15, 0.2) is 16.6 Å². The standard InChI is InChI=1S/C24H39BO5Si3/c1-31(2,3)29-33(30-32(4,5)6,26-19-22-17-18-23(25)27-22)28-24(20-13-9-7-10-14-20)21-15-11-8-12-16-21/h7-16,22-24H,17-19,25H2,1-6H3/t22-,23+/m0/s1. The first kappa shape index (κ1) is 26.6. The third-order valence-corrected chi connectivity index (χ3v) is 13.0. The lowest BCUT2D eigenvalue weighted by Gasteiger charge is -2.40. The maximum Gasteiger partial charge on any atom is 0.659 e. The minimum atomic E-state index is -3.54. The van der Waals surface area contributed by atoms with Gasteiger partial charge in [-0.2, -0.15) is 0 Å². The minimum absolute atomic E-state index is 0.0397. The van der Waals surface area contributed by atoms with Crippen molar-refractivity contribution in [3.63, 3.8) is 0 Å². The molecule has 0 unspecified atom stereocenters. The van der Waals surface area contributed by atoms with Gasteiger partial charge in [0, 0.05) is 6.00 Å². The maximum atomic E-state index is 6.94. The summed E-state index contributed by atoms with van der Waals surface area (Å²) in [4.78, 5) is 0. The number of hydrogen-bond acceptors (Lipinski definition) is 5. The Bertz CT molecular complexity index is 802. The van der Waals surface area contributed by atoms with Gasteiger partial charge in [0.1, 0.15) is 14.0 Å². The average molecular weight is 503 g/mol. The van der Waals surface area contributed by atoms with Crippen LogP contribution in [0.25, 0.3) is 0 Å². The summed E-state index contributed by atoms with van der Waals surface area (Å²) in [5, 5.41) is 0. The highest BCUT2D eigenvalue weighted by Crippen LogP contribution is 2.34. The molecule has 1 saturated heterocycles. The summed E-state index contributed by atoms with van der Waals surface area (Å²) < 4.78 is 33.1. The zero-order valence-electron chi connectivity index (χ0n) is 21.2. The highest BCUT2D eigenvalue weighted by Gasteiger charge is 2.54. The first-order chi connectivity index (χ1) is 15.4. The molecule has 180 valence electrons. The van der Waals surface area contributed by atoms with Crippen molar-refractivity contribution in [2.75, 3.05) is 6.61 Å². The molecule has 1 fully saturated rings. The van der Waals surface area contributed by atoms with Gasteiger partial charge in [-0.15, -0.1) is 0 Å². The second-order valence-electron chi connectivity index (χ2n) is 10.7. The van der Waals surface area contributed by atoms with E-state index in [0.717, 1.165) is 24.0 Å². The molecule has 2 atom stereocenters. The summed E-state index contributed by atoms with van der Waals surface area (Å²) in [6.07, 6.45) is 1.71. The molecule has 5 nitrogen and oxygen atoms in total. The van der Waals surface area contributed by atoms with Crippen LogP contribution >= 0.6 is 0 Å². The van der Waals surface area contributed by atoms with Crippen LogP contribution in [0.4, 0.5) is 0 Å². The van der Waals surface area contributed by atoms with Gasteiger partial charge < -0.3 is 21.8 Å². The summed E-state index contributed by atoms with van der Waals surface area (Å²) >= 11 is 0. The lowest BCUT2D eigenvalue weighted by Crippen LogP contribution is -2.60. The third-order valence-electron chi connectivity index (χ3n) is 5.10. The second kappa shape index (κ2) is 11.1. The Balaban J connectivity index is 2.00. The molecular formula is C24H39BO5Si3. The monoisotopic (exact) mass is 502 g/mol. The summed E-state index contributed by atoms with van der Waals surface area (Å²) in [6, 6.07) is 20.8. The summed E-state index contributed by atoms with van der Waals surface area (Å²) in [5.41, 5.74) is 2.10. The van der Waals surface area contributed by atoms with Crippen LogP contribution in [0.1, 0.15) is 30.1 Å². The van der Waals surface area contributed by atoms with Gasteiger partial charge >= 0.3 is 9.05 Å². The van der Waals surface area contributed by atoms with Crippen LogP contribution in [-0.2, 0) is 21.8 Å². The smallest absolute Gasteiger partial charge is 0.395 e. The fourth-order valence-corrected chi connectivity index (χ4v) is 12.3. The van der Waals surface area contributed by atoms with Gasteiger partial charge in [0.25, 0.3) is 0 Å². The van der Waals surface area contributed by atoms with Crippen molar-refractivity contribution in [1.82, 2.24) is 0 Å². The highest BCUT2D eigenvalue weighted by atomic mass is 28.5. The van der Waals surface area contributed by atoms with Crippen LogP contribution in [0, 0.1) is 0 Å². The fraction of sp³-hybridized carbons (Fsp3) is 0.500. The van der Waals surface area contributed by atoms with Crippen molar-refractivity contribution in [3.05, 3.63) is 71.8 Å². The van der Waals surface area contributed by atoms with Gasteiger partial charge in [-0.3, -0.25) is 0 Å². The van der Waals surface area contributed by atoms with Crippen molar-refractivity contribution in [3.8, 4) is 0 Å². The summed E-state index contributed by atoms with van der Waals surface area (Å²) in [5.74, 6) is 0. The number of rotatable bonds is 11. The molecule has 0 aromatic heterocycles. The van der Waals surface area contributed by atoms with Crippen molar-refractivity contribution in [2.24, 2.45) is 0 Å². The van der Waals surface area contributed by atoms with Crippen LogP contribution < -0.4 is 0 Å². The molecule has 2 aromatic rings. The number of ether oxygens (including phenoxy) is 1. The molecule has 0 radical (unpaired) electrons. The average Bonchev–Trinajstić information content (AvgIpc) is 3.15. The van der Waals surface area contributed by atoms with Gasteiger partial charge in [0.2, 0.25) is 0 Å². The lowest BCUT2D eigenvalue weighted by atomic mass is 9.97. The Morgan fingerprint density at radius 3 is 1.70 bits per heavy atom. The van der Waals surface area contributed by atoms with E-state index in [1.165, 1.54) is 0 Å². The van der Waals surface area contributed by atoms with E-state index in [4.69, 9.17) is 21.8 Å². The first-order valence-corrected chi connectivity index (χ1v) is 20.4. The van der Waals surface area contributed by atoms with Crippen LogP contribution in [0.5, 0.6) is 0 Å². The Labute approximate surface area is 203 Å². The Morgan fingerprint density at radius 1 is 0.818 bits per heavy atom. The molecule has 3 rings (SSSR count). The second-order valence-corrected chi connectivity index (χ2v) is 22.3. The molecule has 1 aliphatic rings. The fourth-order valence-electron chi connectivity index (χ4n) is 3.84. The molecular weight excluding hydrogens is 463 g/mol. The number of hydrogen-bond donors (Lipinski definition) is 0. The van der Waals surface area contributed by atoms with Crippen molar-refractivity contribution >= 4 is 33.5 Å². The van der Waals surface area contributed by atoms with E-state index in [1.54, 1.807) is 0 Å². The SMILES string of the molecule is B[C@H]1CC[C@@H](CO[Si](OC(c2ccccc2)c2ccccc2)(O[Si](C)(C)C)O[Si](C)(C)C)O1. The molecule has 0 saturated carbocycles. The van der Waals surface area contributed by atoms with E-state index >= 15 is 0 Å². The van der Waals surface area contributed by atoms with Crippen LogP contribution in [0.15, 0.2) is 60.7 Å². The van der Waals surface area contributed by atoms with Gasteiger partial charge in [0.05, 0.1) is 12.7 Å². The topological polar surface area (TPSA) is 46.2 Å².